The minimum Gasteiger partial charge on any atom is -0.496 e. The molecule has 16 nitrogen and oxygen atoms in total. The summed E-state index contributed by atoms with van der Waals surface area (Å²) < 4.78 is 42.1. The first-order chi connectivity index (χ1) is 31.7. The number of hydrogen-bond acceptors (Lipinski definition) is 12. The van der Waals surface area contributed by atoms with E-state index < -0.39 is 66.1 Å². The van der Waals surface area contributed by atoms with Gasteiger partial charge in [-0.2, -0.15) is 0 Å². The summed E-state index contributed by atoms with van der Waals surface area (Å²) in [5.74, 6) is -3.03. The summed E-state index contributed by atoms with van der Waals surface area (Å²) in [6.45, 7) is 14.1. The Morgan fingerprint density at radius 3 is 2.28 bits per heavy atom. The van der Waals surface area contributed by atoms with E-state index in [0.29, 0.717) is 18.1 Å². The number of halogens is 1. The Labute approximate surface area is 397 Å². The average molecular weight is 945 g/mol. The van der Waals surface area contributed by atoms with Crippen LogP contribution in [0, 0.1) is 17.3 Å². The van der Waals surface area contributed by atoms with Crippen molar-refractivity contribution < 1.29 is 57.0 Å². The van der Waals surface area contributed by atoms with E-state index in [1.165, 1.54) is 38.4 Å². The van der Waals surface area contributed by atoms with Crippen molar-refractivity contribution in [1.29, 1.82) is 0 Å². The number of nitrogens with one attached hydrogen (secondary N) is 2. The van der Waals surface area contributed by atoms with Crippen molar-refractivity contribution in [2.45, 2.75) is 110 Å². The second-order valence-corrected chi connectivity index (χ2v) is 19.9. The van der Waals surface area contributed by atoms with Crippen LogP contribution in [0.4, 0.5) is 4.79 Å². The molecule has 2 aliphatic heterocycles. The summed E-state index contributed by atoms with van der Waals surface area (Å²) in [5, 5.41) is 5.78. The van der Waals surface area contributed by atoms with Crippen LogP contribution in [-0.2, 0) is 46.2 Å². The number of esters is 1. The normalized spacial score (nSPS) is 24.0. The first-order valence-corrected chi connectivity index (χ1v) is 23.1. The third-order valence-corrected chi connectivity index (χ3v) is 14.2. The Morgan fingerprint density at radius 2 is 1.63 bits per heavy atom. The van der Waals surface area contributed by atoms with Gasteiger partial charge >= 0.3 is 30.9 Å². The predicted octanol–water partition coefficient (Wildman–Crippen LogP) is 6.34. The molecule has 3 aromatic rings. The second-order valence-electron chi connectivity index (χ2n) is 19.6. The van der Waals surface area contributed by atoms with Crippen molar-refractivity contribution in [3.8, 4) is 17.2 Å². The van der Waals surface area contributed by atoms with Crippen LogP contribution in [0.5, 0.6) is 17.2 Å². The number of methoxy groups -OCH3 is 3. The van der Waals surface area contributed by atoms with E-state index in [-0.39, 0.29) is 77.0 Å². The van der Waals surface area contributed by atoms with Gasteiger partial charge in [-0.25, -0.2) is 9.59 Å². The van der Waals surface area contributed by atoms with Crippen LogP contribution in [0.25, 0.3) is 0 Å². The van der Waals surface area contributed by atoms with Crippen LogP contribution in [-0.4, -0.2) is 117 Å². The molecule has 2 saturated heterocycles. The first kappa shape index (κ1) is 49.5. The van der Waals surface area contributed by atoms with Gasteiger partial charge in [0.25, 0.3) is 0 Å². The largest absolute Gasteiger partial charge is 0.496 e. The Morgan fingerprint density at radius 1 is 0.910 bits per heavy atom. The number of urea groups is 1. The molecule has 18 heteroatoms. The number of ether oxygens (including phenoxy) is 5. The first-order valence-electron chi connectivity index (χ1n) is 22.7. The summed E-state index contributed by atoms with van der Waals surface area (Å²) in [7, 11) is 3.27. The predicted molar refractivity (Wildman–Crippen MR) is 249 cm³/mol. The third-order valence-electron chi connectivity index (χ3n) is 13.8. The maximum atomic E-state index is 15.1. The fourth-order valence-electron chi connectivity index (χ4n) is 10.2. The van der Waals surface area contributed by atoms with Crippen molar-refractivity contribution >= 4 is 48.4 Å². The zero-order valence-corrected chi connectivity index (χ0v) is 40.7. The summed E-state index contributed by atoms with van der Waals surface area (Å²) in [4.78, 5) is 72.5. The van der Waals surface area contributed by atoms with Crippen molar-refractivity contribution in [1.82, 2.24) is 20.4 Å². The van der Waals surface area contributed by atoms with Gasteiger partial charge in [0.15, 0.2) is 11.5 Å². The van der Waals surface area contributed by atoms with Crippen LogP contribution in [0.3, 0.4) is 0 Å². The van der Waals surface area contributed by atoms with Crippen LogP contribution >= 0.6 is 11.6 Å². The molecule has 3 saturated carbocycles. The lowest BCUT2D eigenvalue weighted by Crippen LogP contribution is -2.65. The number of imide groups is 1. The standard InChI is InChI=1S/C49H62BClN4O12/c1-28-26-54(21-22-64-27-29-15-12-11-13-16-29)43(57)44(58)55(28)46(60)53-39(32-19-20-34(61-8)41(63-10)38(32)51)42(56)52-37(50-66-36-25-31-24-35(48(31,5)6)49(36,7)67-50)23-30-17-14-18-33(40(30)62-9)45(59)65-47(2,3)4/h11-20,28,31,35-37,39H,21-27H2,1-10H3,(H,52,56)(H,53,60)/t28-,31-,35-,36+,37-,39?,49-/m0/s1. The average Bonchev–Trinajstić information content (AvgIpc) is 3.65. The topological polar surface area (TPSA) is 180 Å². The zero-order valence-electron chi connectivity index (χ0n) is 39.9. The lowest BCUT2D eigenvalue weighted by Gasteiger charge is -2.64. The fraction of sp³-hybridized carbons (Fsp3) is 0.531. The van der Waals surface area contributed by atoms with Gasteiger partial charge in [-0.15, -0.1) is 0 Å². The Balaban J connectivity index is 1.19. The van der Waals surface area contributed by atoms with Crippen molar-refractivity contribution in [2.75, 3.05) is 41.0 Å². The number of para-hydroxylation sites is 1. The number of rotatable bonds is 16. The van der Waals surface area contributed by atoms with Gasteiger partial charge in [-0.1, -0.05) is 74.0 Å². The second kappa shape index (κ2) is 19.7. The molecule has 5 fully saturated rings. The van der Waals surface area contributed by atoms with Gasteiger partial charge in [-0.3, -0.25) is 19.3 Å². The number of amides is 5. The molecule has 5 aliphatic rings. The molecule has 0 aromatic heterocycles. The van der Waals surface area contributed by atoms with Crippen LogP contribution in [0.2, 0.25) is 5.02 Å². The fourth-order valence-corrected chi connectivity index (χ4v) is 10.6. The Kier molecular flexibility index (Phi) is 14.6. The summed E-state index contributed by atoms with van der Waals surface area (Å²) in [6, 6.07) is 14.3. The number of nitrogens with zero attached hydrogens (tertiary/aromatic N) is 2. The Bertz CT molecular complexity index is 2360. The van der Waals surface area contributed by atoms with E-state index in [0.717, 1.165) is 23.3 Å². The van der Waals surface area contributed by atoms with Crippen LogP contribution < -0.4 is 24.8 Å². The molecule has 8 rings (SSSR count). The van der Waals surface area contributed by atoms with Gasteiger partial charge in [-0.05, 0) is 94.4 Å². The highest BCUT2D eigenvalue weighted by atomic mass is 35.5. The van der Waals surface area contributed by atoms with E-state index >= 15 is 4.79 Å². The highest BCUT2D eigenvalue weighted by Crippen LogP contribution is 2.65. The molecular weight excluding hydrogens is 883 g/mol. The molecule has 0 spiro atoms. The minimum atomic E-state index is -1.58. The van der Waals surface area contributed by atoms with Crippen molar-refractivity contribution in [3.05, 3.63) is 87.9 Å². The molecule has 1 unspecified atom stereocenters. The molecule has 3 aliphatic carbocycles. The Hall–Kier alpha value is -5.36. The quantitative estimate of drug-likeness (QED) is 0.0705. The van der Waals surface area contributed by atoms with Gasteiger partial charge in [0, 0.05) is 18.7 Å². The number of carbonyl (C=O) groups is 5. The molecule has 5 amide bonds. The van der Waals surface area contributed by atoms with Crippen molar-refractivity contribution in [3.63, 3.8) is 0 Å². The molecular formula is C49H62BClN4O12. The maximum absolute atomic E-state index is 15.1. The molecule has 2 heterocycles. The minimum absolute atomic E-state index is 0.0182. The summed E-state index contributed by atoms with van der Waals surface area (Å²) >= 11 is 6.98. The van der Waals surface area contributed by atoms with E-state index in [1.54, 1.807) is 45.9 Å². The zero-order chi connectivity index (χ0) is 48.6. The van der Waals surface area contributed by atoms with Crippen LogP contribution in [0.15, 0.2) is 60.7 Å². The highest BCUT2D eigenvalue weighted by molar-refractivity contribution is 6.48. The highest BCUT2D eigenvalue weighted by Gasteiger charge is 2.68. The summed E-state index contributed by atoms with van der Waals surface area (Å²) in [6.07, 6.45) is 1.53. The van der Waals surface area contributed by atoms with E-state index in [1.807, 2.05) is 30.3 Å². The lowest BCUT2D eigenvalue weighted by atomic mass is 9.43. The summed E-state index contributed by atoms with van der Waals surface area (Å²) in [5.41, 5.74) is 0.350. The number of hydrogen-bond donors (Lipinski definition) is 2. The van der Waals surface area contributed by atoms with Crippen LogP contribution in [0.1, 0.15) is 94.4 Å². The SMILES string of the molecule is COc1ccc(C(NC(=O)N2C(=O)C(=O)N(CCOCc3ccccc3)C[C@@H]2C)C(=O)N[C@@H](Cc2cccc(C(=O)OC(C)(C)C)c2OC)B2O[C@@H]3C[C@@H]4C[C@@H](C4(C)C)[C@]3(C)O2)c(Cl)c1OC. The number of benzene rings is 3. The molecule has 3 aromatic carbocycles. The number of carbonyl (C=O) groups excluding carboxylic acids is 5. The van der Waals surface area contributed by atoms with Gasteiger partial charge in [0.05, 0.1) is 63.3 Å². The van der Waals surface area contributed by atoms with E-state index in [9.17, 15) is 19.2 Å². The van der Waals surface area contributed by atoms with Gasteiger partial charge in [0.1, 0.15) is 23.0 Å². The van der Waals surface area contributed by atoms with Gasteiger partial charge < -0.3 is 48.5 Å². The molecule has 0 radical (unpaired) electrons. The molecule has 360 valence electrons. The molecule has 2 N–H and O–H groups in total. The van der Waals surface area contributed by atoms with E-state index in [4.69, 9.17) is 44.6 Å². The maximum Gasteiger partial charge on any atom is 0.482 e. The molecule has 67 heavy (non-hydrogen) atoms. The molecule has 2 bridgehead atoms. The monoisotopic (exact) mass is 944 g/mol. The van der Waals surface area contributed by atoms with E-state index in [2.05, 4.69) is 31.4 Å². The molecule has 7 atom stereocenters. The lowest BCUT2D eigenvalue weighted by molar-refractivity contribution is -0.199. The number of piperazine rings is 1. The third kappa shape index (κ3) is 9.97. The van der Waals surface area contributed by atoms with Crippen molar-refractivity contribution in [2.24, 2.45) is 17.3 Å². The smallest absolute Gasteiger partial charge is 0.482 e. The van der Waals surface area contributed by atoms with Gasteiger partial charge in [0.2, 0.25) is 5.91 Å².